The largest absolute Gasteiger partial charge is 0.396 e. The lowest BCUT2D eigenvalue weighted by molar-refractivity contribution is 0.0910. The molecule has 2 aromatic carbocycles. The monoisotopic (exact) mass is 463 g/mol. The number of benzene rings is 2. The number of nitrogens with one attached hydrogen (secondary N) is 1. The first-order chi connectivity index (χ1) is 16.0. The number of thiophene rings is 1. The van der Waals surface area contributed by atoms with E-state index in [0.29, 0.717) is 6.54 Å². The van der Waals surface area contributed by atoms with Crippen LogP contribution in [0.4, 0.5) is 5.69 Å². The third kappa shape index (κ3) is 5.53. The van der Waals surface area contributed by atoms with Crippen LogP contribution >= 0.6 is 11.3 Å². The van der Waals surface area contributed by atoms with Crippen molar-refractivity contribution in [1.29, 1.82) is 0 Å². The number of hydrogen-bond donors (Lipinski definition) is 3. The van der Waals surface area contributed by atoms with E-state index in [1.54, 1.807) is 11.3 Å². The molecule has 5 nitrogen and oxygen atoms in total. The molecule has 4 rings (SSSR count). The van der Waals surface area contributed by atoms with E-state index in [1.165, 1.54) is 0 Å². The minimum Gasteiger partial charge on any atom is -0.396 e. The summed E-state index contributed by atoms with van der Waals surface area (Å²) >= 11 is 1.66. The SMILES string of the molecule is CC(C)(CO)CCCNC(O)C1C(c2ccccc2)=NN(c2ccccc2)C1c1ccsc1. The fraction of sp³-hybridized carbons (Fsp3) is 0.370. The first-order valence-electron chi connectivity index (χ1n) is 11.5. The van der Waals surface area contributed by atoms with Crippen molar-refractivity contribution in [2.45, 2.75) is 39.0 Å². The Hall–Kier alpha value is -2.51. The highest BCUT2D eigenvalue weighted by molar-refractivity contribution is 7.08. The molecule has 2 heterocycles. The molecule has 0 radical (unpaired) electrons. The van der Waals surface area contributed by atoms with Crippen LogP contribution in [-0.4, -0.2) is 35.3 Å². The molecule has 0 saturated heterocycles. The average Bonchev–Trinajstić information content (AvgIpc) is 3.51. The molecular weight excluding hydrogens is 430 g/mol. The van der Waals surface area contributed by atoms with Crippen molar-refractivity contribution in [2.75, 3.05) is 18.2 Å². The molecule has 174 valence electrons. The molecular formula is C27H33N3O2S. The molecule has 3 unspecified atom stereocenters. The van der Waals surface area contributed by atoms with Crippen molar-refractivity contribution in [3.63, 3.8) is 0 Å². The van der Waals surface area contributed by atoms with Crippen molar-refractivity contribution < 1.29 is 10.2 Å². The van der Waals surface area contributed by atoms with E-state index in [4.69, 9.17) is 5.10 Å². The van der Waals surface area contributed by atoms with Gasteiger partial charge in [0.1, 0.15) is 6.23 Å². The molecule has 33 heavy (non-hydrogen) atoms. The normalized spacial score (nSPS) is 19.5. The Kier molecular flexibility index (Phi) is 7.60. The maximum Gasteiger partial charge on any atom is 0.115 e. The summed E-state index contributed by atoms with van der Waals surface area (Å²) in [6, 6.07) is 22.3. The molecule has 6 heteroatoms. The quantitative estimate of drug-likeness (QED) is 0.291. The molecule has 1 aromatic heterocycles. The number of hydrogen-bond acceptors (Lipinski definition) is 6. The molecule has 1 aliphatic heterocycles. The predicted octanol–water partition coefficient (Wildman–Crippen LogP) is 5.04. The van der Waals surface area contributed by atoms with Gasteiger partial charge in [-0.15, -0.1) is 0 Å². The molecule has 0 spiro atoms. The first-order valence-corrected chi connectivity index (χ1v) is 12.5. The van der Waals surface area contributed by atoms with Gasteiger partial charge in [-0.25, -0.2) is 0 Å². The zero-order valence-corrected chi connectivity index (χ0v) is 20.1. The Morgan fingerprint density at radius 1 is 1.06 bits per heavy atom. The summed E-state index contributed by atoms with van der Waals surface area (Å²) in [5.41, 5.74) is 3.93. The number of aliphatic hydroxyl groups excluding tert-OH is 2. The van der Waals surface area contributed by atoms with E-state index in [1.807, 2.05) is 36.4 Å². The zero-order valence-electron chi connectivity index (χ0n) is 19.3. The highest BCUT2D eigenvalue weighted by Crippen LogP contribution is 2.42. The molecule has 0 bridgehead atoms. The van der Waals surface area contributed by atoms with Crippen LogP contribution in [0.1, 0.15) is 43.9 Å². The maximum atomic E-state index is 11.4. The summed E-state index contributed by atoms with van der Waals surface area (Å²) in [5, 5.41) is 35.7. The number of rotatable bonds is 10. The Balaban J connectivity index is 1.64. The van der Waals surface area contributed by atoms with Gasteiger partial charge in [-0.2, -0.15) is 16.4 Å². The van der Waals surface area contributed by atoms with Crippen molar-refractivity contribution in [3.05, 3.63) is 88.6 Å². The van der Waals surface area contributed by atoms with Crippen molar-refractivity contribution in [2.24, 2.45) is 16.4 Å². The fourth-order valence-corrected chi connectivity index (χ4v) is 5.03. The number of aliphatic hydroxyl groups is 2. The maximum absolute atomic E-state index is 11.4. The van der Waals surface area contributed by atoms with E-state index in [0.717, 1.165) is 35.4 Å². The molecule has 0 aliphatic carbocycles. The molecule has 3 aromatic rings. The number of anilines is 1. The van der Waals surface area contributed by atoms with E-state index in [9.17, 15) is 10.2 Å². The Bertz CT molecular complexity index is 1020. The topological polar surface area (TPSA) is 68.1 Å². The van der Waals surface area contributed by atoms with Crippen LogP contribution in [0.2, 0.25) is 0 Å². The van der Waals surface area contributed by atoms with Gasteiger partial charge in [-0.3, -0.25) is 10.3 Å². The minimum absolute atomic E-state index is 0.111. The van der Waals surface area contributed by atoms with Crippen LogP contribution in [-0.2, 0) is 0 Å². The zero-order chi connectivity index (χ0) is 23.3. The van der Waals surface area contributed by atoms with E-state index >= 15 is 0 Å². The van der Waals surface area contributed by atoms with Crippen LogP contribution < -0.4 is 10.3 Å². The van der Waals surface area contributed by atoms with Crippen molar-refractivity contribution >= 4 is 22.7 Å². The average molecular weight is 464 g/mol. The Morgan fingerprint density at radius 2 is 1.76 bits per heavy atom. The van der Waals surface area contributed by atoms with E-state index < -0.39 is 6.23 Å². The van der Waals surface area contributed by atoms with E-state index in [-0.39, 0.29) is 24.0 Å². The molecule has 0 fully saturated rings. The third-order valence-corrected chi connectivity index (χ3v) is 6.96. The number of hydrazone groups is 1. The van der Waals surface area contributed by atoms with E-state index in [2.05, 4.69) is 65.3 Å². The van der Waals surface area contributed by atoms with Gasteiger partial charge >= 0.3 is 0 Å². The summed E-state index contributed by atoms with van der Waals surface area (Å²) in [5.74, 6) is -0.243. The highest BCUT2D eigenvalue weighted by Gasteiger charge is 2.43. The van der Waals surface area contributed by atoms with Gasteiger partial charge in [0, 0.05) is 6.61 Å². The molecule has 3 atom stereocenters. The van der Waals surface area contributed by atoms with Crippen LogP contribution in [0.15, 0.2) is 82.6 Å². The second kappa shape index (κ2) is 10.6. The Morgan fingerprint density at radius 3 is 2.39 bits per heavy atom. The number of para-hydroxylation sites is 1. The lowest BCUT2D eigenvalue weighted by Crippen LogP contribution is -2.43. The lowest BCUT2D eigenvalue weighted by Gasteiger charge is -2.31. The van der Waals surface area contributed by atoms with Gasteiger partial charge in [-0.05, 0) is 64.9 Å². The molecule has 1 aliphatic rings. The first kappa shape index (κ1) is 23.6. The Labute approximate surface area is 200 Å². The number of nitrogens with zero attached hydrogens (tertiary/aromatic N) is 2. The third-order valence-electron chi connectivity index (χ3n) is 6.26. The smallest absolute Gasteiger partial charge is 0.115 e. The van der Waals surface area contributed by atoms with Gasteiger partial charge in [0.2, 0.25) is 0 Å². The summed E-state index contributed by atoms with van der Waals surface area (Å²) in [6.45, 7) is 4.95. The van der Waals surface area contributed by atoms with Gasteiger partial charge in [0.05, 0.1) is 23.4 Å². The summed E-state index contributed by atoms with van der Waals surface area (Å²) in [7, 11) is 0. The summed E-state index contributed by atoms with van der Waals surface area (Å²) < 4.78 is 0. The second-order valence-electron chi connectivity index (χ2n) is 9.38. The van der Waals surface area contributed by atoms with Gasteiger partial charge < -0.3 is 10.2 Å². The highest BCUT2D eigenvalue weighted by atomic mass is 32.1. The van der Waals surface area contributed by atoms with Gasteiger partial charge in [0.15, 0.2) is 0 Å². The molecule has 3 N–H and O–H groups in total. The van der Waals surface area contributed by atoms with Crippen LogP contribution in [0, 0.1) is 11.3 Å². The minimum atomic E-state index is -0.764. The van der Waals surface area contributed by atoms with Crippen molar-refractivity contribution in [3.8, 4) is 0 Å². The van der Waals surface area contributed by atoms with Crippen molar-refractivity contribution in [1.82, 2.24) is 5.32 Å². The summed E-state index contributed by atoms with van der Waals surface area (Å²) in [4.78, 5) is 0. The fourth-order valence-electron chi connectivity index (χ4n) is 4.34. The molecule has 0 saturated carbocycles. The van der Waals surface area contributed by atoms with Gasteiger partial charge in [0.25, 0.3) is 0 Å². The van der Waals surface area contributed by atoms with Crippen LogP contribution in [0.25, 0.3) is 0 Å². The summed E-state index contributed by atoms with van der Waals surface area (Å²) in [6.07, 6.45) is 0.998. The van der Waals surface area contributed by atoms with Crippen LogP contribution in [0.5, 0.6) is 0 Å². The predicted molar refractivity (Wildman–Crippen MR) is 137 cm³/mol. The van der Waals surface area contributed by atoms with Crippen LogP contribution in [0.3, 0.4) is 0 Å². The van der Waals surface area contributed by atoms with Gasteiger partial charge in [-0.1, -0.05) is 62.4 Å². The second-order valence-corrected chi connectivity index (χ2v) is 10.2. The molecule has 0 amide bonds. The lowest BCUT2D eigenvalue weighted by atomic mass is 9.86. The standard InChI is InChI=1S/C27H33N3O2S/c1-27(2,19-31)15-9-16-28-26(32)23-24(20-10-5-3-6-11-20)29-30(22-12-7-4-8-13-22)25(23)21-14-17-33-18-21/h3-8,10-14,17-18,23,25-26,28,31-32H,9,15-16,19H2,1-2H3.